The topological polar surface area (TPSA) is 72.2 Å². The zero-order valence-electron chi connectivity index (χ0n) is 10.1. The highest BCUT2D eigenvalue weighted by Gasteiger charge is 2.17. The summed E-state index contributed by atoms with van der Waals surface area (Å²) in [4.78, 5) is 22.2. The molecule has 0 aliphatic heterocycles. The smallest absolute Gasteiger partial charge is 0.311 e. The molecule has 0 saturated heterocycles. The summed E-state index contributed by atoms with van der Waals surface area (Å²) >= 11 is 0. The molecule has 2 aromatic rings. The summed E-state index contributed by atoms with van der Waals surface area (Å²) in [5, 5.41) is 12.6. The molecule has 0 fully saturated rings. The Morgan fingerprint density at radius 2 is 1.95 bits per heavy atom. The monoisotopic (exact) mass is 262 g/mol. The lowest BCUT2D eigenvalue weighted by molar-refractivity contribution is -0.135. The molecule has 0 aliphatic rings. The van der Waals surface area contributed by atoms with Crippen LogP contribution in [0.1, 0.15) is 22.5 Å². The van der Waals surface area contributed by atoms with Gasteiger partial charge in [0.05, 0.1) is 23.1 Å². The summed E-state index contributed by atoms with van der Waals surface area (Å²) in [7, 11) is 0. The first kappa shape index (κ1) is 12.9. The Balaban J connectivity index is 2.35. The first-order valence-corrected chi connectivity index (χ1v) is 5.54. The maximum absolute atomic E-state index is 12.8. The minimum absolute atomic E-state index is 0.256. The van der Waals surface area contributed by atoms with E-state index in [0.29, 0.717) is 11.4 Å². The number of aromatic nitrogens is 2. The first-order valence-electron chi connectivity index (χ1n) is 5.54. The number of carboxylic acids is 1. The lowest BCUT2D eigenvalue weighted by atomic mass is 10.1. The Kier molecular flexibility index (Phi) is 3.41. The van der Waals surface area contributed by atoms with Crippen LogP contribution in [0.25, 0.3) is 5.69 Å². The van der Waals surface area contributed by atoms with Crippen molar-refractivity contribution in [2.75, 3.05) is 0 Å². The van der Waals surface area contributed by atoms with Gasteiger partial charge >= 0.3 is 5.97 Å². The molecule has 1 heterocycles. The molecule has 0 radical (unpaired) electrons. The van der Waals surface area contributed by atoms with Crippen LogP contribution in [0.4, 0.5) is 4.39 Å². The van der Waals surface area contributed by atoms with Crippen molar-refractivity contribution in [2.24, 2.45) is 0 Å². The van der Waals surface area contributed by atoms with Crippen molar-refractivity contribution in [1.29, 1.82) is 0 Å². The zero-order chi connectivity index (χ0) is 14.0. The molecule has 0 unspecified atom stereocenters. The number of carbonyl (C=O) groups is 2. The average molecular weight is 262 g/mol. The van der Waals surface area contributed by atoms with Crippen LogP contribution in [0.3, 0.4) is 0 Å². The van der Waals surface area contributed by atoms with Crippen LogP contribution in [-0.2, 0) is 4.79 Å². The normalized spacial score (nSPS) is 10.4. The van der Waals surface area contributed by atoms with Crippen molar-refractivity contribution in [3.63, 3.8) is 0 Å². The largest absolute Gasteiger partial charge is 0.481 e. The second-order valence-electron chi connectivity index (χ2n) is 4.03. The van der Waals surface area contributed by atoms with Gasteiger partial charge in [0.25, 0.3) is 0 Å². The van der Waals surface area contributed by atoms with Gasteiger partial charge in [-0.25, -0.2) is 9.07 Å². The van der Waals surface area contributed by atoms with Crippen LogP contribution in [0.15, 0.2) is 30.5 Å². The van der Waals surface area contributed by atoms with Crippen LogP contribution in [-0.4, -0.2) is 26.6 Å². The maximum Gasteiger partial charge on any atom is 0.311 e. The summed E-state index contributed by atoms with van der Waals surface area (Å²) in [6.07, 6.45) is 0.750. The molecular weight excluding hydrogens is 251 g/mol. The van der Waals surface area contributed by atoms with Crippen LogP contribution in [0, 0.1) is 12.7 Å². The Bertz CT molecular complexity index is 632. The van der Waals surface area contributed by atoms with E-state index in [1.165, 1.54) is 35.1 Å². The van der Waals surface area contributed by atoms with Crippen LogP contribution < -0.4 is 0 Å². The number of ketones is 1. The fourth-order valence-electron chi connectivity index (χ4n) is 1.76. The Labute approximate surface area is 108 Å². The SMILES string of the molecule is Cc1c(C(=O)CC(=O)O)cnn1-c1ccc(F)cc1. The molecule has 98 valence electrons. The highest BCUT2D eigenvalue weighted by atomic mass is 19.1. The molecule has 0 bridgehead atoms. The maximum atomic E-state index is 12.8. The summed E-state index contributed by atoms with van der Waals surface area (Å²) in [5.41, 5.74) is 1.39. The molecule has 0 atom stereocenters. The molecule has 6 heteroatoms. The van der Waals surface area contributed by atoms with E-state index in [2.05, 4.69) is 5.10 Å². The van der Waals surface area contributed by atoms with Gasteiger partial charge in [-0.1, -0.05) is 0 Å². The number of benzene rings is 1. The van der Waals surface area contributed by atoms with E-state index in [9.17, 15) is 14.0 Å². The standard InChI is InChI=1S/C13H11FN2O3/c1-8-11(12(17)6-13(18)19)7-15-16(8)10-4-2-9(14)3-5-10/h2-5,7H,6H2,1H3,(H,18,19). The molecule has 0 amide bonds. The van der Waals surface area contributed by atoms with Gasteiger partial charge in [-0.05, 0) is 31.2 Å². The predicted molar refractivity (Wildman–Crippen MR) is 64.8 cm³/mol. The second kappa shape index (κ2) is 5.01. The molecule has 5 nitrogen and oxygen atoms in total. The van der Waals surface area contributed by atoms with Crippen LogP contribution >= 0.6 is 0 Å². The van der Waals surface area contributed by atoms with E-state index in [1.54, 1.807) is 6.92 Å². The van der Waals surface area contributed by atoms with Gasteiger partial charge in [-0.2, -0.15) is 5.10 Å². The third-order valence-electron chi connectivity index (χ3n) is 2.69. The number of carbonyl (C=O) groups excluding carboxylic acids is 1. The molecule has 0 aliphatic carbocycles. The predicted octanol–water partition coefficient (Wildman–Crippen LogP) is 1.98. The Morgan fingerprint density at radius 3 is 2.53 bits per heavy atom. The number of nitrogens with zero attached hydrogens (tertiary/aromatic N) is 2. The number of Topliss-reactive ketones (excluding diaryl/α,β-unsaturated/α-hetero) is 1. The molecular formula is C13H11FN2O3. The molecule has 0 spiro atoms. The highest BCUT2D eigenvalue weighted by molar-refractivity contribution is 6.06. The number of aliphatic carboxylic acids is 1. The van der Waals surface area contributed by atoms with E-state index < -0.39 is 18.2 Å². The lowest BCUT2D eigenvalue weighted by Gasteiger charge is -2.04. The third kappa shape index (κ3) is 2.67. The van der Waals surface area contributed by atoms with Gasteiger partial charge in [0.1, 0.15) is 12.2 Å². The lowest BCUT2D eigenvalue weighted by Crippen LogP contribution is -2.08. The molecule has 0 saturated carbocycles. The zero-order valence-corrected chi connectivity index (χ0v) is 10.1. The number of rotatable bonds is 4. The Morgan fingerprint density at radius 1 is 1.32 bits per heavy atom. The molecule has 1 aromatic carbocycles. The Hall–Kier alpha value is -2.50. The molecule has 2 rings (SSSR count). The van der Waals surface area contributed by atoms with Gasteiger partial charge in [-0.15, -0.1) is 0 Å². The minimum Gasteiger partial charge on any atom is -0.481 e. The van der Waals surface area contributed by atoms with Crippen molar-refractivity contribution >= 4 is 11.8 Å². The van der Waals surface area contributed by atoms with Crippen molar-refractivity contribution < 1.29 is 19.1 Å². The van der Waals surface area contributed by atoms with Crippen molar-refractivity contribution in [2.45, 2.75) is 13.3 Å². The molecule has 1 N–H and O–H groups in total. The fourth-order valence-corrected chi connectivity index (χ4v) is 1.76. The second-order valence-corrected chi connectivity index (χ2v) is 4.03. The summed E-state index contributed by atoms with van der Waals surface area (Å²) in [6.45, 7) is 1.66. The molecule has 19 heavy (non-hydrogen) atoms. The number of carboxylic acid groups (broad SMARTS) is 1. The van der Waals surface area contributed by atoms with Gasteiger partial charge in [-0.3, -0.25) is 9.59 Å². The van der Waals surface area contributed by atoms with E-state index >= 15 is 0 Å². The van der Waals surface area contributed by atoms with Crippen LogP contribution in [0.2, 0.25) is 0 Å². The first-order chi connectivity index (χ1) is 8.99. The summed E-state index contributed by atoms with van der Waals surface area (Å²) in [6, 6.07) is 5.63. The molecule has 1 aromatic heterocycles. The van der Waals surface area contributed by atoms with E-state index in [0.717, 1.165) is 0 Å². The van der Waals surface area contributed by atoms with Crippen molar-refractivity contribution in [3.8, 4) is 5.69 Å². The quantitative estimate of drug-likeness (QED) is 0.675. The van der Waals surface area contributed by atoms with Gasteiger partial charge in [0.15, 0.2) is 5.78 Å². The number of hydrogen-bond donors (Lipinski definition) is 1. The van der Waals surface area contributed by atoms with E-state index in [4.69, 9.17) is 5.11 Å². The summed E-state index contributed by atoms with van der Waals surface area (Å²) in [5.74, 6) is -2.05. The number of hydrogen-bond acceptors (Lipinski definition) is 3. The van der Waals surface area contributed by atoms with Gasteiger partial charge < -0.3 is 5.11 Å². The summed E-state index contributed by atoms with van der Waals surface area (Å²) < 4.78 is 14.3. The van der Waals surface area contributed by atoms with Crippen LogP contribution in [0.5, 0.6) is 0 Å². The van der Waals surface area contributed by atoms with E-state index in [1.807, 2.05) is 0 Å². The van der Waals surface area contributed by atoms with Crippen molar-refractivity contribution in [3.05, 3.63) is 47.5 Å². The van der Waals surface area contributed by atoms with Gasteiger partial charge in [0, 0.05) is 0 Å². The minimum atomic E-state index is -1.18. The fraction of sp³-hybridized carbons (Fsp3) is 0.154. The van der Waals surface area contributed by atoms with Gasteiger partial charge in [0.2, 0.25) is 0 Å². The average Bonchev–Trinajstić information content (AvgIpc) is 2.71. The highest BCUT2D eigenvalue weighted by Crippen LogP contribution is 2.16. The number of halogens is 1. The van der Waals surface area contributed by atoms with Crippen molar-refractivity contribution in [1.82, 2.24) is 9.78 Å². The third-order valence-corrected chi connectivity index (χ3v) is 2.69. The van der Waals surface area contributed by atoms with E-state index in [-0.39, 0.29) is 11.4 Å².